The van der Waals surface area contributed by atoms with E-state index < -0.39 is 22.2 Å². The van der Waals surface area contributed by atoms with E-state index in [4.69, 9.17) is 9.47 Å². The number of hydrogen-bond acceptors (Lipinski definition) is 6. The third-order valence-electron chi connectivity index (χ3n) is 5.10. The predicted octanol–water partition coefficient (Wildman–Crippen LogP) is 1.14. The molecule has 9 nitrogen and oxygen atoms in total. The molecule has 9 heteroatoms. The van der Waals surface area contributed by atoms with Gasteiger partial charge in [0.2, 0.25) is 5.91 Å². The predicted molar refractivity (Wildman–Crippen MR) is 95.7 cm³/mol. The SMILES string of the molecule is CCN(CC)C(=O)CN1C(=O)C2(OCC(C)([N+](=O)[O-])CO2)c2ccccc21. The van der Waals surface area contributed by atoms with Crippen LogP contribution in [0.2, 0.25) is 0 Å². The van der Waals surface area contributed by atoms with Crippen molar-refractivity contribution in [3.63, 3.8) is 0 Å². The first kappa shape index (κ1) is 19.2. The Bertz CT molecular complexity index is 768. The summed E-state index contributed by atoms with van der Waals surface area (Å²) in [4.78, 5) is 39.5. The standard InChI is InChI=1S/C18H23N3O6/c1-4-19(5-2)15(22)10-20-14-9-7-6-8-13(14)18(16(20)23)26-11-17(3,12-27-18)21(24)25/h6-9H,4-5,10-12H2,1-3H3. The first-order valence-electron chi connectivity index (χ1n) is 8.90. The quantitative estimate of drug-likeness (QED) is 0.563. The Kier molecular flexibility index (Phi) is 4.92. The summed E-state index contributed by atoms with van der Waals surface area (Å²) in [6, 6.07) is 6.89. The number of nitro groups is 1. The number of anilines is 1. The molecule has 2 aliphatic heterocycles. The maximum Gasteiger partial charge on any atom is 0.293 e. The van der Waals surface area contributed by atoms with Crippen molar-refractivity contribution in [2.45, 2.75) is 32.1 Å². The fourth-order valence-corrected chi connectivity index (χ4v) is 3.34. The highest BCUT2D eigenvalue weighted by atomic mass is 16.7. The number of ether oxygens (including phenoxy) is 2. The number of hydrogen-bond donors (Lipinski definition) is 0. The minimum absolute atomic E-state index is 0.140. The van der Waals surface area contributed by atoms with Crippen LogP contribution >= 0.6 is 0 Å². The summed E-state index contributed by atoms with van der Waals surface area (Å²) >= 11 is 0. The molecule has 0 aromatic heterocycles. The Morgan fingerprint density at radius 2 is 1.85 bits per heavy atom. The van der Waals surface area contributed by atoms with Gasteiger partial charge in [0.1, 0.15) is 19.8 Å². The highest BCUT2D eigenvalue weighted by Crippen LogP contribution is 2.46. The van der Waals surface area contributed by atoms with E-state index in [9.17, 15) is 19.7 Å². The molecular formula is C18H23N3O6. The lowest BCUT2D eigenvalue weighted by atomic mass is 10.0. The zero-order chi connectivity index (χ0) is 19.8. The average molecular weight is 377 g/mol. The summed E-state index contributed by atoms with van der Waals surface area (Å²) in [5.74, 6) is -2.46. The maximum atomic E-state index is 13.2. The highest BCUT2D eigenvalue weighted by Gasteiger charge is 2.60. The first-order chi connectivity index (χ1) is 12.8. The van der Waals surface area contributed by atoms with Crippen LogP contribution in [0.3, 0.4) is 0 Å². The number of nitrogens with zero attached hydrogens (tertiary/aromatic N) is 3. The van der Waals surface area contributed by atoms with Crippen molar-refractivity contribution < 1.29 is 24.0 Å². The summed E-state index contributed by atoms with van der Waals surface area (Å²) in [5, 5.41) is 11.3. The topological polar surface area (TPSA) is 102 Å². The third-order valence-corrected chi connectivity index (χ3v) is 5.10. The molecule has 0 aliphatic carbocycles. The van der Waals surface area contributed by atoms with Gasteiger partial charge < -0.3 is 14.4 Å². The van der Waals surface area contributed by atoms with Crippen molar-refractivity contribution in [1.82, 2.24) is 4.90 Å². The van der Waals surface area contributed by atoms with Gasteiger partial charge in [-0.25, -0.2) is 0 Å². The van der Waals surface area contributed by atoms with Crippen LogP contribution in [0.5, 0.6) is 0 Å². The second kappa shape index (κ2) is 6.90. The van der Waals surface area contributed by atoms with Crippen LogP contribution in [0.25, 0.3) is 0 Å². The van der Waals surface area contributed by atoms with Crippen molar-refractivity contribution in [2.75, 3.05) is 37.7 Å². The van der Waals surface area contributed by atoms with Gasteiger partial charge in [0, 0.05) is 30.5 Å². The van der Waals surface area contributed by atoms with E-state index in [-0.39, 0.29) is 25.7 Å². The maximum absolute atomic E-state index is 13.2. The number of rotatable bonds is 5. The second-order valence-corrected chi connectivity index (χ2v) is 6.92. The lowest BCUT2D eigenvalue weighted by molar-refractivity contribution is -0.590. The Morgan fingerprint density at radius 3 is 2.41 bits per heavy atom. The molecule has 1 aromatic rings. The molecule has 2 aliphatic rings. The molecule has 1 saturated heterocycles. The number of amides is 2. The number of likely N-dealkylation sites (N-methyl/N-ethyl adjacent to an activating group) is 1. The average Bonchev–Trinajstić information content (AvgIpc) is 2.88. The zero-order valence-electron chi connectivity index (χ0n) is 15.6. The normalized spacial score (nSPS) is 26.9. The van der Waals surface area contributed by atoms with Crippen LogP contribution < -0.4 is 4.90 Å². The van der Waals surface area contributed by atoms with Crippen molar-refractivity contribution in [2.24, 2.45) is 0 Å². The summed E-state index contributed by atoms with van der Waals surface area (Å²) in [6.07, 6.45) is 0. The summed E-state index contributed by atoms with van der Waals surface area (Å²) in [7, 11) is 0. The summed E-state index contributed by atoms with van der Waals surface area (Å²) < 4.78 is 11.4. The minimum atomic E-state index is -1.74. The van der Waals surface area contributed by atoms with Crippen LogP contribution in [0.15, 0.2) is 24.3 Å². The van der Waals surface area contributed by atoms with Crippen molar-refractivity contribution >= 4 is 17.5 Å². The largest absolute Gasteiger partial charge is 0.342 e. The molecule has 27 heavy (non-hydrogen) atoms. The Balaban J connectivity index is 1.92. The molecule has 1 fully saturated rings. The fourth-order valence-electron chi connectivity index (χ4n) is 3.34. The fraction of sp³-hybridized carbons (Fsp3) is 0.556. The molecule has 0 N–H and O–H groups in total. The van der Waals surface area contributed by atoms with Gasteiger partial charge in [-0.3, -0.25) is 24.6 Å². The van der Waals surface area contributed by atoms with Gasteiger partial charge in [-0.15, -0.1) is 0 Å². The second-order valence-electron chi connectivity index (χ2n) is 6.92. The molecule has 0 atom stereocenters. The van der Waals surface area contributed by atoms with Gasteiger partial charge in [0.25, 0.3) is 17.2 Å². The number of carbonyl (C=O) groups excluding carboxylic acids is 2. The van der Waals surface area contributed by atoms with Crippen LogP contribution in [-0.2, 0) is 24.8 Å². The van der Waals surface area contributed by atoms with Gasteiger partial charge in [-0.1, -0.05) is 18.2 Å². The van der Waals surface area contributed by atoms with Crippen LogP contribution in [0.1, 0.15) is 26.3 Å². The van der Waals surface area contributed by atoms with Crippen molar-refractivity contribution in [3.05, 3.63) is 39.9 Å². The van der Waals surface area contributed by atoms with E-state index in [1.807, 2.05) is 13.8 Å². The van der Waals surface area contributed by atoms with E-state index in [0.717, 1.165) is 0 Å². The molecular weight excluding hydrogens is 354 g/mol. The van der Waals surface area contributed by atoms with Gasteiger partial charge in [0.05, 0.1) is 5.69 Å². The Morgan fingerprint density at radius 1 is 1.26 bits per heavy atom. The molecule has 1 aromatic carbocycles. The highest BCUT2D eigenvalue weighted by molar-refractivity contribution is 6.09. The number of fused-ring (bicyclic) bond motifs is 2. The lowest BCUT2D eigenvalue weighted by Crippen LogP contribution is -2.58. The molecule has 3 rings (SSSR count). The monoisotopic (exact) mass is 377 g/mol. The zero-order valence-corrected chi connectivity index (χ0v) is 15.6. The minimum Gasteiger partial charge on any atom is -0.342 e. The van der Waals surface area contributed by atoms with Gasteiger partial charge in [0.15, 0.2) is 0 Å². The van der Waals surface area contributed by atoms with Crippen LogP contribution in [0, 0.1) is 10.1 Å². The Hall–Kier alpha value is -2.52. The van der Waals surface area contributed by atoms with Gasteiger partial charge in [-0.2, -0.15) is 0 Å². The van der Waals surface area contributed by atoms with Gasteiger partial charge in [-0.05, 0) is 19.9 Å². The van der Waals surface area contributed by atoms with E-state index in [1.54, 1.807) is 29.2 Å². The first-order valence-corrected chi connectivity index (χ1v) is 8.90. The summed E-state index contributed by atoms with van der Waals surface area (Å²) in [5.41, 5.74) is -0.439. The smallest absolute Gasteiger partial charge is 0.293 e. The number of benzene rings is 1. The van der Waals surface area contributed by atoms with E-state index in [1.165, 1.54) is 11.8 Å². The molecule has 1 spiro atoms. The number of para-hydroxylation sites is 1. The van der Waals surface area contributed by atoms with E-state index in [2.05, 4.69) is 0 Å². The number of carbonyl (C=O) groups is 2. The summed E-state index contributed by atoms with van der Waals surface area (Å²) in [6.45, 7) is 5.56. The molecule has 0 unspecified atom stereocenters. The molecule has 0 bridgehead atoms. The van der Waals surface area contributed by atoms with Crippen molar-refractivity contribution in [3.8, 4) is 0 Å². The van der Waals surface area contributed by atoms with Crippen molar-refractivity contribution in [1.29, 1.82) is 0 Å². The van der Waals surface area contributed by atoms with Gasteiger partial charge >= 0.3 is 0 Å². The molecule has 2 amide bonds. The van der Waals surface area contributed by atoms with Crippen LogP contribution in [0.4, 0.5) is 5.69 Å². The lowest BCUT2D eigenvalue weighted by Gasteiger charge is -2.37. The van der Waals surface area contributed by atoms with Crippen LogP contribution in [-0.4, -0.2) is 60.0 Å². The van der Waals surface area contributed by atoms with E-state index in [0.29, 0.717) is 24.3 Å². The third kappa shape index (κ3) is 2.96. The van der Waals surface area contributed by atoms with E-state index >= 15 is 0 Å². The molecule has 146 valence electrons. The molecule has 0 saturated carbocycles. The molecule has 2 heterocycles. The Labute approximate surface area is 157 Å². The molecule has 0 radical (unpaired) electrons.